The third kappa shape index (κ3) is 4.89. The zero-order valence-corrected chi connectivity index (χ0v) is 12.7. The fourth-order valence-corrected chi connectivity index (χ4v) is 2.98. The Balaban J connectivity index is 2.16. The first-order valence-corrected chi connectivity index (χ1v) is 8.02. The zero-order valence-electron chi connectivity index (χ0n) is 12.7. The van der Waals surface area contributed by atoms with Crippen molar-refractivity contribution in [3.63, 3.8) is 0 Å². The highest BCUT2D eigenvalue weighted by Crippen LogP contribution is 2.27. The normalized spacial score (nSPS) is 19.3. The van der Waals surface area contributed by atoms with Crippen molar-refractivity contribution in [2.75, 3.05) is 13.1 Å². The number of unbranched alkanes of at least 4 members (excludes halogenated alkanes) is 5. The van der Waals surface area contributed by atoms with E-state index in [1.165, 1.54) is 64.5 Å². The van der Waals surface area contributed by atoms with Gasteiger partial charge in [0.2, 0.25) is 0 Å². The molecule has 1 unspecified atom stereocenters. The molecule has 1 atom stereocenters. The summed E-state index contributed by atoms with van der Waals surface area (Å²) in [5.41, 5.74) is -0.0279. The highest BCUT2D eigenvalue weighted by atomic mass is 16.3. The Labute approximate surface area is 114 Å². The van der Waals surface area contributed by atoms with E-state index in [2.05, 4.69) is 25.7 Å². The van der Waals surface area contributed by atoms with Crippen LogP contribution in [-0.2, 0) is 0 Å². The lowest BCUT2D eigenvalue weighted by Gasteiger charge is -2.39. The summed E-state index contributed by atoms with van der Waals surface area (Å²) in [6, 6.07) is 0. The molecule has 1 N–H and O–H groups in total. The van der Waals surface area contributed by atoms with Crippen molar-refractivity contribution in [2.24, 2.45) is 0 Å². The Morgan fingerprint density at radius 1 is 1.00 bits per heavy atom. The molecule has 1 aliphatic heterocycles. The van der Waals surface area contributed by atoms with Crippen LogP contribution in [0.3, 0.4) is 0 Å². The molecular formula is C16H33NO. The summed E-state index contributed by atoms with van der Waals surface area (Å²) >= 11 is 0. The number of rotatable bonds is 9. The molecule has 1 fully saturated rings. The van der Waals surface area contributed by atoms with Crippen LogP contribution < -0.4 is 0 Å². The van der Waals surface area contributed by atoms with E-state index in [1.807, 2.05) is 0 Å². The van der Waals surface area contributed by atoms with Crippen LogP contribution in [0.1, 0.15) is 78.6 Å². The van der Waals surface area contributed by atoms with Crippen molar-refractivity contribution in [3.05, 3.63) is 0 Å². The third-order valence-corrected chi connectivity index (χ3v) is 4.57. The van der Waals surface area contributed by atoms with Crippen LogP contribution in [0.4, 0.5) is 0 Å². The van der Waals surface area contributed by atoms with Gasteiger partial charge < -0.3 is 5.11 Å². The smallest absolute Gasteiger partial charge is 0.0718 e. The first-order chi connectivity index (χ1) is 8.59. The second-order valence-corrected chi connectivity index (χ2v) is 6.42. The molecule has 2 heteroatoms. The summed E-state index contributed by atoms with van der Waals surface area (Å²) in [7, 11) is 0. The fraction of sp³-hybridized carbons (Fsp3) is 1.00. The topological polar surface area (TPSA) is 23.5 Å². The molecule has 0 spiro atoms. The molecular weight excluding hydrogens is 222 g/mol. The van der Waals surface area contributed by atoms with Crippen LogP contribution in [0.2, 0.25) is 0 Å². The van der Waals surface area contributed by atoms with Gasteiger partial charge in [0, 0.05) is 5.54 Å². The second-order valence-electron chi connectivity index (χ2n) is 6.42. The highest BCUT2D eigenvalue weighted by Gasteiger charge is 2.35. The van der Waals surface area contributed by atoms with Gasteiger partial charge in [-0.1, -0.05) is 45.4 Å². The third-order valence-electron chi connectivity index (χ3n) is 4.57. The molecule has 1 aliphatic rings. The van der Waals surface area contributed by atoms with Gasteiger partial charge in [0.05, 0.1) is 6.10 Å². The van der Waals surface area contributed by atoms with Crippen LogP contribution in [0.25, 0.3) is 0 Å². The number of nitrogens with zero attached hydrogens (tertiary/aromatic N) is 1. The molecule has 1 heterocycles. The molecule has 0 aliphatic carbocycles. The standard InChI is InChI=1S/C16H33NO/c1-4-5-6-7-8-9-12-15(18)16(2,3)17-13-10-11-14-17/h15,18H,4-14H2,1-3H3. The van der Waals surface area contributed by atoms with Crippen LogP contribution in [0.5, 0.6) is 0 Å². The maximum Gasteiger partial charge on any atom is 0.0718 e. The fourth-order valence-electron chi connectivity index (χ4n) is 2.98. The van der Waals surface area contributed by atoms with Crippen molar-refractivity contribution in [3.8, 4) is 0 Å². The lowest BCUT2D eigenvalue weighted by atomic mass is 9.91. The molecule has 0 aromatic carbocycles. The van der Waals surface area contributed by atoms with Crippen LogP contribution in [0, 0.1) is 0 Å². The average Bonchev–Trinajstić information content (AvgIpc) is 2.87. The summed E-state index contributed by atoms with van der Waals surface area (Å²) in [4.78, 5) is 2.47. The largest absolute Gasteiger partial charge is 0.391 e. The molecule has 0 aromatic rings. The van der Waals surface area contributed by atoms with Crippen molar-refractivity contribution in [1.82, 2.24) is 4.90 Å². The van der Waals surface area contributed by atoms with Crippen molar-refractivity contribution in [1.29, 1.82) is 0 Å². The quantitative estimate of drug-likeness (QED) is 0.630. The molecule has 0 bridgehead atoms. The first kappa shape index (κ1) is 16.0. The van der Waals surface area contributed by atoms with Gasteiger partial charge in [-0.3, -0.25) is 4.90 Å². The Morgan fingerprint density at radius 3 is 2.17 bits per heavy atom. The van der Waals surface area contributed by atoms with Gasteiger partial charge in [-0.2, -0.15) is 0 Å². The van der Waals surface area contributed by atoms with Crippen molar-refractivity contribution >= 4 is 0 Å². The summed E-state index contributed by atoms with van der Waals surface area (Å²) in [6.07, 6.45) is 11.2. The van der Waals surface area contributed by atoms with Gasteiger partial charge >= 0.3 is 0 Å². The summed E-state index contributed by atoms with van der Waals surface area (Å²) in [5.74, 6) is 0. The average molecular weight is 255 g/mol. The summed E-state index contributed by atoms with van der Waals surface area (Å²) in [5, 5.41) is 10.4. The number of hydrogen-bond acceptors (Lipinski definition) is 2. The molecule has 0 saturated carbocycles. The van der Waals surface area contributed by atoms with Crippen LogP contribution in [-0.4, -0.2) is 34.7 Å². The molecule has 108 valence electrons. The van der Waals surface area contributed by atoms with E-state index < -0.39 is 0 Å². The van der Waals surface area contributed by atoms with Crippen LogP contribution in [0.15, 0.2) is 0 Å². The maximum atomic E-state index is 10.4. The predicted molar refractivity (Wildman–Crippen MR) is 78.9 cm³/mol. The van der Waals surface area contributed by atoms with Gasteiger partial charge in [0.25, 0.3) is 0 Å². The first-order valence-electron chi connectivity index (χ1n) is 8.02. The predicted octanol–water partition coefficient (Wildman–Crippen LogP) is 3.97. The van der Waals surface area contributed by atoms with Crippen LogP contribution >= 0.6 is 0 Å². The lowest BCUT2D eigenvalue weighted by Crippen LogP contribution is -2.51. The minimum Gasteiger partial charge on any atom is -0.391 e. The molecule has 0 aromatic heterocycles. The van der Waals surface area contributed by atoms with E-state index in [-0.39, 0.29) is 11.6 Å². The molecule has 0 amide bonds. The summed E-state index contributed by atoms with van der Waals surface area (Å²) in [6.45, 7) is 9.00. The minimum absolute atomic E-state index is 0.0279. The van der Waals surface area contributed by atoms with Gasteiger partial charge in [-0.25, -0.2) is 0 Å². The second kappa shape index (κ2) is 8.16. The molecule has 2 nitrogen and oxygen atoms in total. The zero-order chi connectivity index (χ0) is 13.4. The monoisotopic (exact) mass is 255 g/mol. The van der Waals surface area contributed by atoms with Crippen molar-refractivity contribution < 1.29 is 5.11 Å². The van der Waals surface area contributed by atoms with E-state index in [9.17, 15) is 5.11 Å². The van der Waals surface area contributed by atoms with E-state index in [4.69, 9.17) is 0 Å². The molecule has 1 saturated heterocycles. The van der Waals surface area contributed by atoms with E-state index in [1.54, 1.807) is 0 Å². The molecule has 0 radical (unpaired) electrons. The Hall–Kier alpha value is -0.0800. The number of aliphatic hydroxyl groups is 1. The Morgan fingerprint density at radius 2 is 1.56 bits per heavy atom. The van der Waals surface area contributed by atoms with Gasteiger partial charge in [-0.15, -0.1) is 0 Å². The Bertz CT molecular complexity index is 209. The Kier molecular flexibility index (Phi) is 7.25. The van der Waals surface area contributed by atoms with E-state index in [0.29, 0.717) is 0 Å². The summed E-state index contributed by atoms with van der Waals surface area (Å²) < 4.78 is 0. The molecule has 1 rings (SSSR count). The number of likely N-dealkylation sites (tertiary alicyclic amines) is 1. The number of hydrogen-bond donors (Lipinski definition) is 1. The minimum atomic E-state index is -0.165. The van der Waals surface area contributed by atoms with E-state index >= 15 is 0 Å². The number of aliphatic hydroxyl groups excluding tert-OH is 1. The van der Waals surface area contributed by atoms with E-state index in [0.717, 1.165) is 6.42 Å². The van der Waals surface area contributed by atoms with Gasteiger partial charge in [0.1, 0.15) is 0 Å². The van der Waals surface area contributed by atoms with Crippen molar-refractivity contribution in [2.45, 2.75) is 90.2 Å². The lowest BCUT2D eigenvalue weighted by molar-refractivity contribution is -0.00323. The maximum absolute atomic E-state index is 10.4. The van der Waals surface area contributed by atoms with Gasteiger partial charge in [-0.05, 0) is 46.2 Å². The van der Waals surface area contributed by atoms with Gasteiger partial charge in [0.15, 0.2) is 0 Å². The SMILES string of the molecule is CCCCCCCCC(O)C(C)(C)N1CCCC1. The molecule has 18 heavy (non-hydrogen) atoms. The highest BCUT2D eigenvalue weighted by molar-refractivity contribution is 4.90.